The van der Waals surface area contributed by atoms with E-state index in [0.717, 1.165) is 11.8 Å². The number of methoxy groups -OCH3 is 1. The summed E-state index contributed by atoms with van der Waals surface area (Å²) in [6.07, 6.45) is 3.85. The van der Waals surface area contributed by atoms with Crippen molar-refractivity contribution in [3.8, 4) is 11.3 Å². The number of hydrogen-bond donors (Lipinski definition) is 1. The van der Waals surface area contributed by atoms with E-state index in [1.807, 2.05) is 0 Å². The molecule has 0 saturated heterocycles. The van der Waals surface area contributed by atoms with Crippen LogP contribution < -0.4 is 9.62 Å². The molecule has 0 bridgehead atoms. The van der Waals surface area contributed by atoms with Crippen LogP contribution in [0.25, 0.3) is 17.3 Å². The van der Waals surface area contributed by atoms with E-state index in [4.69, 9.17) is 4.42 Å². The number of aromatic nitrogens is 1. The Balaban J connectivity index is 1.65. The standard InChI is InChI=1S/C21H21N3O6S2/c1-13-17(20(26)29-3)11-16(30-13)9-10-19(25)23-21-22-18(12-31-21)14-5-7-15(8-6-14)24(2)32(4,27)28/h5-12H,1-4H3,(H,22,23,25)/b10-9+. The van der Waals surface area contributed by atoms with Crippen molar-refractivity contribution < 1.29 is 27.2 Å². The second-order valence-corrected chi connectivity index (χ2v) is 9.62. The quantitative estimate of drug-likeness (QED) is 0.410. The van der Waals surface area contributed by atoms with E-state index in [1.54, 1.807) is 36.6 Å². The highest BCUT2D eigenvalue weighted by molar-refractivity contribution is 7.92. The van der Waals surface area contributed by atoms with Crippen LogP contribution >= 0.6 is 11.3 Å². The van der Waals surface area contributed by atoms with Crippen LogP contribution in [0.4, 0.5) is 10.8 Å². The van der Waals surface area contributed by atoms with Crippen molar-refractivity contribution in [1.82, 2.24) is 4.98 Å². The zero-order chi connectivity index (χ0) is 23.5. The summed E-state index contributed by atoms with van der Waals surface area (Å²) < 4.78 is 34.6. The molecule has 0 aliphatic heterocycles. The van der Waals surface area contributed by atoms with Crippen LogP contribution in [0.1, 0.15) is 21.9 Å². The maximum absolute atomic E-state index is 12.2. The summed E-state index contributed by atoms with van der Waals surface area (Å²) in [6, 6.07) is 8.39. The normalized spacial score (nSPS) is 11.5. The number of furan rings is 1. The van der Waals surface area contributed by atoms with Gasteiger partial charge in [-0.3, -0.25) is 14.4 Å². The van der Waals surface area contributed by atoms with Crippen molar-refractivity contribution in [2.45, 2.75) is 6.92 Å². The topological polar surface area (TPSA) is 119 Å². The summed E-state index contributed by atoms with van der Waals surface area (Å²) >= 11 is 1.25. The number of carbonyl (C=O) groups excluding carboxylic acids is 2. The fraction of sp³-hybridized carbons (Fsp3) is 0.190. The molecule has 9 nitrogen and oxygen atoms in total. The Kier molecular flexibility index (Phi) is 6.80. The zero-order valence-electron chi connectivity index (χ0n) is 17.8. The van der Waals surface area contributed by atoms with Crippen molar-refractivity contribution in [3.63, 3.8) is 0 Å². The van der Waals surface area contributed by atoms with Gasteiger partial charge in [0, 0.05) is 24.1 Å². The van der Waals surface area contributed by atoms with E-state index in [-0.39, 0.29) is 0 Å². The lowest BCUT2D eigenvalue weighted by Crippen LogP contribution is -2.24. The third kappa shape index (κ3) is 5.42. The minimum absolute atomic E-state index is 0.297. The smallest absolute Gasteiger partial charge is 0.341 e. The van der Waals surface area contributed by atoms with E-state index in [1.165, 1.54) is 48.0 Å². The number of thiazole rings is 1. The van der Waals surface area contributed by atoms with Crippen LogP contribution in [0.15, 0.2) is 46.2 Å². The SMILES string of the molecule is COC(=O)c1cc(/C=C/C(=O)Nc2nc(-c3ccc(N(C)S(C)(=O)=O)cc3)cs2)oc1C. The Morgan fingerprint density at radius 1 is 1.25 bits per heavy atom. The summed E-state index contributed by atoms with van der Waals surface area (Å²) in [7, 11) is -0.578. The van der Waals surface area contributed by atoms with Crippen LogP contribution in [-0.2, 0) is 19.6 Å². The molecule has 0 saturated carbocycles. The van der Waals surface area contributed by atoms with Gasteiger partial charge >= 0.3 is 5.97 Å². The zero-order valence-corrected chi connectivity index (χ0v) is 19.4. The third-order valence-corrected chi connectivity index (χ3v) is 6.46. The van der Waals surface area contributed by atoms with Gasteiger partial charge in [-0.1, -0.05) is 12.1 Å². The van der Waals surface area contributed by atoms with Crippen LogP contribution in [0.2, 0.25) is 0 Å². The van der Waals surface area contributed by atoms with Gasteiger partial charge in [0.1, 0.15) is 17.1 Å². The first-order valence-electron chi connectivity index (χ1n) is 9.26. The number of nitrogens with one attached hydrogen (secondary N) is 1. The molecule has 32 heavy (non-hydrogen) atoms. The summed E-state index contributed by atoms with van der Waals surface area (Å²) in [5, 5.41) is 4.85. The van der Waals surface area contributed by atoms with Crippen LogP contribution in [0.3, 0.4) is 0 Å². The lowest BCUT2D eigenvalue weighted by atomic mass is 10.1. The number of amides is 1. The van der Waals surface area contributed by atoms with E-state index >= 15 is 0 Å². The summed E-state index contributed by atoms with van der Waals surface area (Å²) in [5.41, 5.74) is 2.26. The molecule has 2 aromatic heterocycles. The largest absolute Gasteiger partial charge is 0.465 e. The van der Waals surface area contributed by atoms with Crippen LogP contribution in [-0.4, -0.2) is 45.7 Å². The number of ether oxygens (including phenoxy) is 1. The molecule has 0 atom stereocenters. The minimum Gasteiger partial charge on any atom is -0.465 e. The molecule has 3 rings (SSSR count). The number of anilines is 2. The highest BCUT2D eigenvalue weighted by Gasteiger charge is 2.15. The predicted octanol–water partition coefficient (Wildman–Crippen LogP) is 3.55. The van der Waals surface area contributed by atoms with E-state index in [0.29, 0.717) is 33.6 Å². The van der Waals surface area contributed by atoms with E-state index in [9.17, 15) is 18.0 Å². The fourth-order valence-electron chi connectivity index (χ4n) is 2.70. The first kappa shape index (κ1) is 23.2. The molecule has 1 aromatic carbocycles. The molecule has 1 N–H and O–H groups in total. The van der Waals surface area contributed by atoms with Gasteiger partial charge in [-0.2, -0.15) is 0 Å². The second kappa shape index (κ2) is 9.37. The number of carbonyl (C=O) groups is 2. The number of rotatable bonds is 7. The summed E-state index contributed by atoms with van der Waals surface area (Å²) in [6.45, 7) is 1.63. The Bertz CT molecular complexity index is 1270. The molecule has 2 heterocycles. The Labute approximate surface area is 189 Å². The average molecular weight is 476 g/mol. The monoisotopic (exact) mass is 475 g/mol. The molecule has 1 amide bonds. The van der Waals surface area contributed by atoms with Gasteiger partial charge in [0.25, 0.3) is 0 Å². The second-order valence-electron chi connectivity index (χ2n) is 6.75. The van der Waals surface area contributed by atoms with Gasteiger partial charge < -0.3 is 9.15 Å². The molecule has 0 aliphatic carbocycles. The number of nitrogens with zero attached hydrogens (tertiary/aromatic N) is 2. The molecule has 3 aromatic rings. The third-order valence-electron chi connectivity index (χ3n) is 4.50. The van der Waals surface area contributed by atoms with Crippen LogP contribution in [0, 0.1) is 6.92 Å². The fourth-order valence-corrected chi connectivity index (χ4v) is 3.93. The van der Waals surface area contributed by atoms with E-state index < -0.39 is 21.9 Å². The molecule has 168 valence electrons. The predicted molar refractivity (Wildman–Crippen MR) is 123 cm³/mol. The highest BCUT2D eigenvalue weighted by atomic mass is 32.2. The number of hydrogen-bond acceptors (Lipinski definition) is 8. The lowest BCUT2D eigenvalue weighted by molar-refractivity contribution is -0.111. The molecule has 0 unspecified atom stereocenters. The molecule has 0 aliphatic rings. The van der Waals surface area contributed by atoms with Crippen molar-refractivity contribution >= 4 is 50.1 Å². The first-order valence-corrected chi connectivity index (χ1v) is 12.0. The highest BCUT2D eigenvalue weighted by Crippen LogP contribution is 2.27. The summed E-state index contributed by atoms with van der Waals surface area (Å²) in [4.78, 5) is 28.2. The molecular weight excluding hydrogens is 454 g/mol. The van der Waals surface area contributed by atoms with Gasteiger partial charge in [0.2, 0.25) is 15.9 Å². The summed E-state index contributed by atoms with van der Waals surface area (Å²) in [5.74, 6) is -0.182. The van der Waals surface area contributed by atoms with Crippen molar-refractivity contribution in [2.75, 3.05) is 30.0 Å². The van der Waals surface area contributed by atoms with Crippen molar-refractivity contribution in [1.29, 1.82) is 0 Å². The van der Waals surface area contributed by atoms with Crippen molar-refractivity contribution in [3.05, 3.63) is 58.9 Å². The Hall–Kier alpha value is -3.44. The van der Waals surface area contributed by atoms with Gasteiger partial charge in [-0.15, -0.1) is 11.3 Å². The number of benzene rings is 1. The maximum Gasteiger partial charge on any atom is 0.341 e. The van der Waals surface area contributed by atoms with Gasteiger partial charge in [0.05, 0.1) is 24.7 Å². The number of aryl methyl sites for hydroxylation is 1. The van der Waals surface area contributed by atoms with E-state index in [2.05, 4.69) is 15.0 Å². The maximum atomic E-state index is 12.2. The Morgan fingerprint density at radius 3 is 2.56 bits per heavy atom. The van der Waals surface area contributed by atoms with Crippen molar-refractivity contribution in [2.24, 2.45) is 0 Å². The van der Waals surface area contributed by atoms with Gasteiger partial charge in [-0.25, -0.2) is 18.2 Å². The van der Waals surface area contributed by atoms with Gasteiger partial charge in [0.15, 0.2) is 5.13 Å². The molecule has 0 radical (unpaired) electrons. The van der Waals surface area contributed by atoms with Crippen LogP contribution in [0.5, 0.6) is 0 Å². The molecule has 11 heteroatoms. The minimum atomic E-state index is -3.34. The molecule has 0 spiro atoms. The molecular formula is C21H21N3O6S2. The number of sulfonamides is 1. The lowest BCUT2D eigenvalue weighted by Gasteiger charge is -2.16. The number of esters is 1. The Morgan fingerprint density at radius 2 is 1.94 bits per heavy atom. The first-order chi connectivity index (χ1) is 15.1. The molecule has 0 fully saturated rings. The van der Waals surface area contributed by atoms with Gasteiger partial charge in [-0.05, 0) is 31.2 Å². The average Bonchev–Trinajstić information content (AvgIpc) is 3.37.